The van der Waals surface area contributed by atoms with Gasteiger partial charge in [-0.05, 0) is 59.9 Å². The van der Waals surface area contributed by atoms with Crippen molar-refractivity contribution >= 4 is 23.1 Å². The molecule has 198 valence electrons. The van der Waals surface area contributed by atoms with Gasteiger partial charge in [-0.3, -0.25) is 14.5 Å². The Hall–Kier alpha value is -4.26. The first-order chi connectivity index (χ1) is 18.1. The topological polar surface area (TPSA) is 85.3 Å². The smallest absolute Gasteiger partial charge is 0.300 e. The molecule has 0 spiro atoms. The monoisotopic (exact) mass is 515 g/mol. The summed E-state index contributed by atoms with van der Waals surface area (Å²) in [5.74, 6) is -0.621. The third-order valence-electron chi connectivity index (χ3n) is 6.63. The number of rotatable bonds is 7. The molecular weight excluding hydrogens is 482 g/mol. The van der Waals surface area contributed by atoms with Crippen molar-refractivity contribution in [2.75, 3.05) is 25.7 Å². The number of ether oxygens (including phenoxy) is 3. The van der Waals surface area contributed by atoms with Gasteiger partial charge in [0, 0.05) is 5.69 Å². The van der Waals surface area contributed by atoms with Crippen molar-refractivity contribution in [2.24, 2.45) is 0 Å². The summed E-state index contributed by atoms with van der Waals surface area (Å²) in [4.78, 5) is 28.5. The third-order valence-corrected chi connectivity index (χ3v) is 6.63. The van der Waals surface area contributed by atoms with Gasteiger partial charge in [0.15, 0.2) is 0 Å². The highest BCUT2D eigenvalue weighted by atomic mass is 16.5. The van der Waals surface area contributed by atoms with Gasteiger partial charge in [0.05, 0.1) is 32.4 Å². The number of benzene rings is 3. The van der Waals surface area contributed by atoms with E-state index in [1.165, 1.54) is 19.1 Å². The van der Waals surface area contributed by atoms with Crippen molar-refractivity contribution in [3.05, 3.63) is 89.0 Å². The van der Waals surface area contributed by atoms with Crippen LogP contribution in [0, 0.1) is 0 Å². The van der Waals surface area contributed by atoms with Crippen LogP contribution in [0.2, 0.25) is 0 Å². The summed E-state index contributed by atoms with van der Waals surface area (Å²) >= 11 is 0. The molecule has 4 rings (SSSR count). The molecule has 0 aliphatic carbocycles. The van der Waals surface area contributed by atoms with Crippen LogP contribution in [0.5, 0.6) is 17.2 Å². The summed E-state index contributed by atoms with van der Waals surface area (Å²) in [7, 11) is 2.93. The molecule has 1 fully saturated rings. The van der Waals surface area contributed by atoms with E-state index in [4.69, 9.17) is 14.2 Å². The summed E-state index contributed by atoms with van der Waals surface area (Å²) in [5.41, 5.74) is 2.37. The van der Waals surface area contributed by atoms with Crippen LogP contribution in [0.15, 0.2) is 72.3 Å². The van der Waals surface area contributed by atoms with Crippen LogP contribution < -0.4 is 19.1 Å². The largest absolute Gasteiger partial charge is 0.506 e. The fourth-order valence-corrected chi connectivity index (χ4v) is 4.67. The molecule has 7 heteroatoms. The third kappa shape index (κ3) is 4.84. The number of amides is 1. The van der Waals surface area contributed by atoms with E-state index in [0.29, 0.717) is 35.1 Å². The summed E-state index contributed by atoms with van der Waals surface area (Å²) < 4.78 is 16.5. The van der Waals surface area contributed by atoms with Crippen LogP contribution in [-0.4, -0.2) is 37.6 Å². The molecule has 0 radical (unpaired) electrons. The highest BCUT2D eigenvalue weighted by molar-refractivity contribution is 6.51. The molecule has 0 aromatic heterocycles. The van der Waals surface area contributed by atoms with Gasteiger partial charge in [-0.1, -0.05) is 51.1 Å². The molecule has 3 aromatic carbocycles. The minimum absolute atomic E-state index is 0.0461. The molecule has 1 N–H and O–H groups in total. The second-order valence-corrected chi connectivity index (χ2v) is 10.0. The maximum atomic E-state index is 13.6. The highest BCUT2D eigenvalue weighted by Crippen LogP contribution is 2.45. The Morgan fingerprint density at radius 1 is 0.895 bits per heavy atom. The van der Waals surface area contributed by atoms with E-state index >= 15 is 0 Å². The van der Waals surface area contributed by atoms with Crippen molar-refractivity contribution in [2.45, 2.75) is 39.2 Å². The first-order valence-electron chi connectivity index (χ1n) is 12.5. The van der Waals surface area contributed by atoms with E-state index in [-0.39, 0.29) is 22.3 Å². The number of hydrogen-bond acceptors (Lipinski definition) is 6. The van der Waals surface area contributed by atoms with Gasteiger partial charge in [0.2, 0.25) is 0 Å². The lowest BCUT2D eigenvalue weighted by Crippen LogP contribution is -2.29. The summed E-state index contributed by atoms with van der Waals surface area (Å²) in [5, 5.41) is 11.6. The van der Waals surface area contributed by atoms with Crippen LogP contribution in [0.1, 0.15) is 50.4 Å². The van der Waals surface area contributed by atoms with Crippen molar-refractivity contribution in [1.82, 2.24) is 0 Å². The Morgan fingerprint density at radius 3 is 1.97 bits per heavy atom. The Kier molecular flexibility index (Phi) is 7.49. The molecule has 1 aliphatic rings. The number of aliphatic hydroxyl groups excluding tert-OH is 1. The van der Waals surface area contributed by atoms with Gasteiger partial charge >= 0.3 is 0 Å². The molecule has 1 atom stereocenters. The number of ketones is 1. The molecule has 1 heterocycles. The van der Waals surface area contributed by atoms with E-state index in [2.05, 4.69) is 20.8 Å². The lowest BCUT2D eigenvalue weighted by molar-refractivity contribution is -0.132. The molecule has 0 bridgehead atoms. The first-order valence-corrected chi connectivity index (χ1v) is 12.5. The normalized spacial score (nSPS) is 17.0. The number of carbonyl (C=O) groups excluding carboxylic acids is 2. The van der Waals surface area contributed by atoms with Crippen molar-refractivity contribution < 1.29 is 28.9 Å². The zero-order valence-corrected chi connectivity index (χ0v) is 22.6. The summed E-state index contributed by atoms with van der Waals surface area (Å²) in [6.07, 6.45) is 0. The number of anilines is 1. The summed E-state index contributed by atoms with van der Waals surface area (Å²) in [6.45, 7) is 8.73. The maximum Gasteiger partial charge on any atom is 0.300 e. The minimum atomic E-state index is -0.878. The van der Waals surface area contributed by atoms with E-state index in [9.17, 15) is 14.7 Å². The van der Waals surface area contributed by atoms with Crippen LogP contribution in [0.4, 0.5) is 5.69 Å². The zero-order valence-electron chi connectivity index (χ0n) is 22.6. The van der Waals surface area contributed by atoms with E-state index in [0.717, 1.165) is 5.56 Å². The van der Waals surface area contributed by atoms with Gasteiger partial charge in [0.1, 0.15) is 28.6 Å². The number of aliphatic hydroxyl groups is 1. The van der Waals surface area contributed by atoms with E-state index < -0.39 is 17.7 Å². The number of nitrogens with zero attached hydrogens (tertiary/aromatic N) is 1. The van der Waals surface area contributed by atoms with Crippen LogP contribution >= 0.6 is 0 Å². The SMILES string of the molecule is CCOc1ccc(N2C(=O)C(=O)/C(=C(/O)c3c(OC)cccc3OC)C2c2ccc(C(C)(C)C)cc2)cc1. The molecule has 38 heavy (non-hydrogen) atoms. The molecule has 3 aromatic rings. The highest BCUT2D eigenvalue weighted by Gasteiger charge is 2.47. The first kappa shape index (κ1) is 26.8. The fraction of sp³-hybridized carbons (Fsp3) is 0.290. The molecule has 1 saturated heterocycles. The van der Waals surface area contributed by atoms with Gasteiger partial charge < -0.3 is 19.3 Å². The number of carbonyl (C=O) groups is 2. The standard InChI is InChI=1S/C31H33NO6/c1-7-38-22-17-15-21(16-18-22)32-27(19-11-13-20(14-12-19)31(2,3)4)26(29(34)30(32)35)28(33)25-23(36-5)9-8-10-24(25)37-6/h8-18,27,33H,7H2,1-6H3/b28-26+. The second-order valence-electron chi connectivity index (χ2n) is 10.0. The predicted molar refractivity (Wildman–Crippen MR) is 147 cm³/mol. The van der Waals surface area contributed by atoms with Crippen LogP contribution in [0.3, 0.4) is 0 Å². The van der Waals surface area contributed by atoms with Crippen LogP contribution in [0.25, 0.3) is 5.76 Å². The minimum Gasteiger partial charge on any atom is -0.506 e. The lowest BCUT2D eigenvalue weighted by atomic mass is 9.85. The maximum absolute atomic E-state index is 13.6. The van der Waals surface area contributed by atoms with Crippen molar-refractivity contribution in [3.8, 4) is 17.2 Å². The van der Waals surface area contributed by atoms with Crippen molar-refractivity contribution in [1.29, 1.82) is 0 Å². The Balaban J connectivity index is 1.96. The van der Waals surface area contributed by atoms with Crippen molar-refractivity contribution in [3.63, 3.8) is 0 Å². The molecule has 7 nitrogen and oxygen atoms in total. The summed E-state index contributed by atoms with van der Waals surface area (Å²) in [6, 6.07) is 18.9. The molecular formula is C31H33NO6. The Bertz CT molecular complexity index is 1340. The molecule has 1 unspecified atom stereocenters. The molecule has 1 aliphatic heterocycles. The Morgan fingerprint density at radius 2 is 1.47 bits per heavy atom. The number of Topliss-reactive ketones (excluding diaryl/α,β-unsaturated/α-hetero) is 1. The fourth-order valence-electron chi connectivity index (χ4n) is 4.67. The van der Waals surface area contributed by atoms with Gasteiger partial charge in [-0.25, -0.2) is 0 Å². The second kappa shape index (κ2) is 10.6. The average Bonchev–Trinajstić information content (AvgIpc) is 3.18. The molecule has 1 amide bonds. The Labute approximate surface area is 223 Å². The van der Waals surface area contributed by atoms with E-state index in [1.54, 1.807) is 42.5 Å². The van der Waals surface area contributed by atoms with Crippen LogP contribution in [-0.2, 0) is 15.0 Å². The molecule has 0 saturated carbocycles. The quantitative estimate of drug-likeness (QED) is 0.235. The number of methoxy groups -OCH3 is 2. The van der Waals surface area contributed by atoms with Gasteiger partial charge in [-0.15, -0.1) is 0 Å². The zero-order chi connectivity index (χ0) is 27.6. The van der Waals surface area contributed by atoms with Gasteiger partial charge in [0.25, 0.3) is 11.7 Å². The predicted octanol–water partition coefficient (Wildman–Crippen LogP) is 6.03. The average molecular weight is 516 g/mol. The lowest BCUT2D eigenvalue weighted by Gasteiger charge is -2.27. The van der Waals surface area contributed by atoms with Gasteiger partial charge in [-0.2, -0.15) is 0 Å². The van der Waals surface area contributed by atoms with E-state index in [1.807, 2.05) is 31.2 Å². The number of hydrogen-bond donors (Lipinski definition) is 1.